The number of allylic oxidation sites excluding steroid dienone is 1. The van der Waals surface area contributed by atoms with Gasteiger partial charge in [0.1, 0.15) is 0 Å². The molecule has 0 spiro atoms. The van der Waals surface area contributed by atoms with Gasteiger partial charge in [-0.2, -0.15) is 0 Å². The summed E-state index contributed by atoms with van der Waals surface area (Å²) in [6.07, 6.45) is 11.6. The van der Waals surface area contributed by atoms with Gasteiger partial charge in [-0.1, -0.05) is 44.2 Å². The SMILES string of the molecule is CC(C)c1ccc(C=CC(=O)C23CC4CC(CC(C4)C2)C3)cc1. The van der Waals surface area contributed by atoms with E-state index in [-0.39, 0.29) is 5.41 Å². The van der Waals surface area contributed by atoms with E-state index in [1.807, 2.05) is 12.2 Å². The van der Waals surface area contributed by atoms with Crippen molar-refractivity contribution in [2.75, 3.05) is 0 Å². The molecule has 5 rings (SSSR count). The summed E-state index contributed by atoms with van der Waals surface area (Å²) in [7, 11) is 0. The molecule has 0 heterocycles. The molecule has 4 aliphatic carbocycles. The summed E-state index contributed by atoms with van der Waals surface area (Å²) in [5.74, 6) is 3.47. The van der Waals surface area contributed by atoms with Crippen molar-refractivity contribution in [1.82, 2.24) is 0 Å². The molecule has 23 heavy (non-hydrogen) atoms. The summed E-state index contributed by atoms with van der Waals surface area (Å²) in [5.41, 5.74) is 2.50. The Morgan fingerprint density at radius 2 is 1.52 bits per heavy atom. The molecular weight excluding hydrogens is 280 g/mol. The summed E-state index contributed by atoms with van der Waals surface area (Å²) >= 11 is 0. The van der Waals surface area contributed by atoms with Crippen LogP contribution in [0.4, 0.5) is 0 Å². The lowest BCUT2D eigenvalue weighted by atomic mass is 9.48. The number of benzene rings is 1. The molecule has 122 valence electrons. The Balaban J connectivity index is 1.49. The molecule has 0 atom stereocenters. The number of hydrogen-bond acceptors (Lipinski definition) is 1. The fourth-order valence-electron chi connectivity index (χ4n) is 5.75. The predicted octanol–water partition coefficient (Wildman–Crippen LogP) is 5.61. The molecule has 1 nitrogen and oxygen atoms in total. The van der Waals surface area contributed by atoms with Gasteiger partial charge in [-0.15, -0.1) is 0 Å². The van der Waals surface area contributed by atoms with Crippen LogP contribution in [0, 0.1) is 23.2 Å². The van der Waals surface area contributed by atoms with Gasteiger partial charge in [0.15, 0.2) is 5.78 Å². The van der Waals surface area contributed by atoms with Crippen LogP contribution in [-0.2, 0) is 4.79 Å². The van der Waals surface area contributed by atoms with Crippen molar-refractivity contribution in [1.29, 1.82) is 0 Å². The van der Waals surface area contributed by atoms with E-state index >= 15 is 0 Å². The molecule has 4 fully saturated rings. The van der Waals surface area contributed by atoms with Gasteiger partial charge in [-0.05, 0) is 79.4 Å². The Morgan fingerprint density at radius 3 is 2.00 bits per heavy atom. The van der Waals surface area contributed by atoms with Crippen molar-refractivity contribution in [3.05, 3.63) is 41.5 Å². The number of ketones is 1. The van der Waals surface area contributed by atoms with Crippen molar-refractivity contribution in [3.8, 4) is 0 Å². The van der Waals surface area contributed by atoms with Crippen LogP contribution < -0.4 is 0 Å². The normalized spacial score (nSPS) is 35.3. The van der Waals surface area contributed by atoms with Crippen molar-refractivity contribution < 1.29 is 4.79 Å². The maximum atomic E-state index is 13.0. The Kier molecular flexibility index (Phi) is 3.70. The van der Waals surface area contributed by atoms with Gasteiger partial charge in [0.25, 0.3) is 0 Å². The van der Waals surface area contributed by atoms with E-state index in [2.05, 4.69) is 38.1 Å². The zero-order chi connectivity index (χ0) is 16.0. The van der Waals surface area contributed by atoms with E-state index in [1.165, 1.54) is 24.8 Å². The summed E-state index contributed by atoms with van der Waals surface area (Å²) in [6, 6.07) is 8.64. The topological polar surface area (TPSA) is 17.1 Å². The van der Waals surface area contributed by atoms with Crippen LogP contribution in [0.1, 0.15) is 69.4 Å². The van der Waals surface area contributed by atoms with Crippen LogP contribution >= 0.6 is 0 Å². The summed E-state index contributed by atoms with van der Waals surface area (Å²) in [5, 5.41) is 0. The standard InChI is InChI=1S/C22H28O/c1-15(2)20-6-3-16(4-7-20)5-8-21(23)22-12-17-9-18(13-22)11-19(10-17)14-22/h3-8,15,17-19H,9-14H2,1-2H3. The number of carbonyl (C=O) groups is 1. The number of rotatable bonds is 4. The highest BCUT2D eigenvalue weighted by molar-refractivity contribution is 5.98. The van der Waals surface area contributed by atoms with Crippen LogP contribution in [0.25, 0.3) is 6.08 Å². The second kappa shape index (κ2) is 5.61. The van der Waals surface area contributed by atoms with Gasteiger partial charge in [0, 0.05) is 5.41 Å². The lowest BCUT2D eigenvalue weighted by Crippen LogP contribution is -2.49. The lowest BCUT2D eigenvalue weighted by Gasteiger charge is -2.55. The van der Waals surface area contributed by atoms with Crippen LogP contribution in [0.5, 0.6) is 0 Å². The maximum absolute atomic E-state index is 13.0. The average Bonchev–Trinajstić information content (AvgIpc) is 2.51. The average molecular weight is 308 g/mol. The second-order valence-corrected chi connectivity index (χ2v) is 8.72. The first-order valence-electron chi connectivity index (χ1n) is 9.36. The quantitative estimate of drug-likeness (QED) is 0.661. The third-order valence-electron chi connectivity index (χ3n) is 6.59. The van der Waals surface area contributed by atoms with Gasteiger partial charge >= 0.3 is 0 Å². The van der Waals surface area contributed by atoms with Gasteiger partial charge in [-0.3, -0.25) is 4.79 Å². The molecule has 0 saturated heterocycles. The Morgan fingerprint density at radius 1 is 1.00 bits per heavy atom. The lowest BCUT2D eigenvalue weighted by molar-refractivity contribution is -0.138. The Labute approximate surface area is 140 Å². The zero-order valence-corrected chi connectivity index (χ0v) is 14.4. The molecule has 0 aromatic heterocycles. The monoisotopic (exact) mass is 308 g/mol. The van der Waals surface area contributed by atoms with E-state index in [9.17, 15) is 4.79 Å². The third-order valence-corrected chi connectivity index (χ3v) is 6.59. The molecule has 0 amide bonds. The molecule has 0 unspecified atom stereocenters. The number of carbonyl (C=O) groups excluding carboxylic acids is 1. The molecule has 1 aromatic carbocycles. The zero-order valence-electron chi connectivity index (χ0n) is 14.4. The summed E-state index contributed by atoms with van der Waals surface area (Å²) < 4.78 is 0. The molecule has 4 bridgehead atoms. The first-order chi connectivity index (χ1) is 11.0. The number of hydrogen-bond donors (Lipinski definition) is 0. The van der Waals surface area contributed by atoms with Crippen molar-refractivity contribution in [3.63, 3.8) is 0 Å². The molecule has 1 heteroatoms. The highest BCUT2D eigenvalue weighted by atomic mass is 16.1. The molecule has 0 N–H and O–H groups in total. The fourth-order valence-corrected chi connectivity index (χ4v) is 5.75. The highest BCUT2D eigenvalue weighted by Gasteiger charge is 2.53. The van der Waals surface area contributed by atoms with E-state index < -0.39 is 0 Å². The molecule has 4 saturated carbocycles. The smallest absolute Gasteiger partial charge is 0.161 e. The summed E-state index contributed by atoms with van der Waals surface area (Å²) in [6.45, 7) is 4.42. The third kappa shape index (κ3) is 2.79. The molecule has 4 aliphatic rings. The first kappa shape index (κ1) is 15.2. The van der Waals surface area contributed by atoms with E-state index in [0.717, 1.165) is 42.6 Å². The van der Waals surface area contributed by atoms with Gasteiger partial charge in [-0.25, -0.2) is 0 Å². The molecule has 0 radical (unpaired) electrons. The minimum Gasteiger partial charge on any atom is -0.294 e. The highest BCUT2D eigenvalue weighted by Crippen LogP contribution is 2.60. The largest absolute Gasteiger partial charge is 0.294 e. The van der Waals surface area contributed by atoms with Crippen molar-refractivity contribution in [2.45, 2.75) is 58.3 Å². The van der Waals surface area contributed by atoms with Gasteiger partial charge < -0.3 is 0 Å². The molecular formula is C22H28O. The van der Waals surface area contributed by atoms with Crippen LogP contribution in [0.15, 0.2) is 30.3 Å². The van der Waals surface area contributed by atoms with Crippen LogP contribution in [0.3, 0.4) is 0 Å². The van der Waals surface area contributed by atoms with E-state index in [1.54, 1.807) is 0 Å². The van der Waals surface area contributed by atoms with Crippen LogP contribution in [0.2, 0.25) is 0 Å². The van der Waals surface area contributed by atoms with E-state index in [4.69, 9.17) is 0 Å². The van der Waals surface area contributed by atoms with Crippen molar-refractivity contribution >= 4 is 11.9 Å². The Bertz CT molecular complexity index is 585. The molecule has 1 aromatic rings. The maximum Gasteiger partial charge on any atom is 0.161 e. The van der Waals surface area contributed by atoms with Gasteiger partial charge in [0.2, 0.25) is 0 Å². The minimum atomic E-state index is 0.00310. The minimum absolute atomic E-state index is 0.00310. The van der Waals surface area contributed by atoms with Gasteiger partial charge in [0.05, 0.1) is 0 Å². The second-order valence-electron chi connectivity index (χ2n) is 8.72. The predicted molar refractivity (Wildman–Crippen MR) is 95.2 cm³/mol. The van der Waals surface area contributed by atoms with Crippen LogP contribution in [-0.4, -0.2) is 5.78 Å². The van der Waals surface area contributed by atoms with Crippen molar-refractivity contribution in [2.24, 2.45) is 23.2 Å². The summed E-state index contributed by atoms with van der Waals surface area (Å²) in [4.78, 5) is 13.0. The molecule has 0 aliphatic heterocycles. The Hall–Kier alpha value is -1.37. The fraction of sp³-hybridized carbons (Fsp3) is 0.591. The first-order valence-corrected chi connectivity index (χ1v) is 9.36. The van der Waals surface area contributed by atoms with E-state index in [0.29, 0.717) is 11.7 Å².